The van der Waals surface area contributed by atoms with Gasteiger partial charge in [0.15, 0.2) is 31.2 Å². The lowest BCUT2D eigenvalue weighted by Crippen LogP contribution is -2.49. The molecule has 0 aliphatic carbocycles. The number of Topliss-reactive ketones (excluding diaryl/α,β-unsaturated/α-hetero) is 2. The number of sulfone groups is 2. The number of nitrogens with two attached hydrogens (primary N) is 1. The first-order valence-electron chi connectivity index (χ1n) is 20.0. The van der Waals surface area contributed by atoms with Crippen molar-refractivity contribution < 1.29 is 49.6 Å². The number of carbonyl (C=O) groups excluding carboxylic acids is 5. The van der Waals surface area contributed by atoms with E-state index in [0.29, 0.717) is 23.4 Å². The molecule has 2 aliphatic rings. The minimum absolute atomic E-state index is 0.0175. The quantitative estimate of drug-likeness (QED) is 0.192. The van der Waals surface area contributed by atoms with Crippen LogP contribution in [-0.2, 0) is 37.6 Å². The Balaban J connectivity index is 0.000000240. The lowest BCUT2D eigenvalue weighted by molar-refractivity contribution is -0.131. The number of nitrogens with one attached hydrogen (secondary N) is 1. The molecular weight excluding hydrogens is 859 g/mol. The lowest BCUT2D eigenvalue weighted by Gasteiger charge is -2.33. The molecule has 2 saturated heterocycles. The Kier molecular flexibility index (Phi) is 16.3. The van der Waals surface area contributed by atoms with Crippen molar-refractivity contribution in [2.45, 2.75) is 33.4 Å². The number of halogens is 2. The zero-order valence-corrected chi connectivity index (χ0v) is 36.5. The van der Waals surface area contributed by atoms with E-state index in [0.717, 1.165) is 22.4 Å². The second kappa shape index (κ2) is 21.4. The van der Waals surface area contributed by atoms with Crippen molar-refractivity contribution in [2.75, 3.05) is 72.1 Å². The highest BCUT2D eigenvalue weighted by molar-refractivity contribution is 7.91. The fourth-order valence-corrected chi connectivity index (χ4v) is 8.96. The van der Waals surface area contributed by atoms with Gasteiger partial charge in [-0.1, -0.05) is 83.9 Å². The van der Waals surface area contributed by atoms with Gasteiger partial charge in [0.05, 0.1) is 49.2 Å². The van der Waals surface area contributed by atoms with Gasteiger partial charge in [0.1, 0.15) is 0 Å². The highest BCUT2D eigenvalue weighted by Gasteiger charge is 2.31. The van der Waals surface area contributed by atoms with Gasteiger partial charge in [0.2, 0.25) is 0 Å². The molecule has 0 bridgehead atoms. The number of urea groups is 2. The normalized spacial score (nSPS) is 15.4. The number of anilines is 2. The van der Waals surface area contributed by atoms with Crippen molar-refractivity contribution in [3.8, 4) is 0 Å². The minimum atomic E-state index is -3.19. The molecule has 2 heterocycles. The second-order valence-electron chi connectivity index (χ2n) is 15.1. The van der Waals surface area contributed by atoms with Crippen LogP contribution < -0.4 is 20.9 Å². The van der Waals surface area contributed by atoms with Crippen LogP contribution in [0.2, 0.25) is 0 Å². The van der Waals surface area contributed by atoms with Crippen LogP contribution in [-0.4, -0.2) is 125 Å². The number of amides is 5. The maximum Gasteiger partial charge on any atom is 0.324 e. The molecule has 2 aliphatic heterocycles. The van der Waals surface area contributed by atoms with Crippen molar-refractivity contribution in [2.24, 2.45) is 5.73 Å². The highest BCUT2D eigenvalue weighted by atomic mass is 32.2. The number of benzene rings is 4. The number of aryl methyl sites for hydroxylation is 2. The molecule has 0 radical (unpaired) electrons. The molecule has 0 aromatic heterocycles. The van der Waals surface area contributed by atoms with Crippen molar-refractivity contribution in [3.05, 3.63) is 130 Å². The standard InChI is InChI=1S/C23H25F2N3O5S.C21H25N3O4S/c1-16-2-8-19(9-3-16)28(23(31)27-10-12-34(32,33)13-11-27)15-17-4-6-18(7-5-17)20(29)14-26-22(30)21(24)25;1-16-2-8-19(9-3-16)24(21(26)23-10-12-29(27,28)13-11-23)15-17-4-6-18(7-5-17)20(25)14-22/h2-9,21H,10-15H2,1H3,(H,26,30);2-9H,10-15,22H2,1H3. The van der Waals surface area contributed by atoms with Gasteiger partial charge in [-0.3, -0.25) is 24.2 Å². The predicted octanol–water partition coefficient (Wildman–Crippen LogP) is 4.41. The van der Waals surface area contributed by atoms with Gasteiger partial charge in [0.25, 0.3) is 5.91 Å². The summed E-state index contributed by atoms with van der Waals surface area (Å²) in [5, 5.41) is 1.87. The van der Waals surface area contributed by atoms with E-state index in [2.05, 4.69) is 0 Å². The summed E-state index contributed by atoms with van der Waals surface area (Å²) in [7, 11) is -6.22. The molecule has 0 atom stereocenters. The Morgan fingerprint density at radius 2 is 0.937 bits per heavy atom. The van der Waals surface area contributed by atoms with Gasteiger partial charge >= 0.3 is 18.5 Å². The van der Waals surface area contributed by atoms with E-state index in [1.54, 1.807) is 58.3 Å². The lowest BCUT2D eigenvalue weighted by atomic mass is 10.1. The maximum absolute atomic E-state index is 13.3. The van der Waals surface area contributed by atoms with Crippen molar-refractivity contribution >= 4 is 60.6 Å². The average molecular weight is 909 g/mol. The number of hydrogen-bond acceptors (Lipinski definition) is 10. The van der Waals surface area contributed by atoms with Gasteiger partial charge in [-0.15, -0.1) is 0 Å². The first-order chi connectivity index (χ1) is 29.8. The predicted molar refractivity (Wildman–Crippen MR) is 236 cm³/mol. The fourth-order valence-electron chi connectivity index (χ4n) is 6.56. The van der Waals surface area contributed by atoms with Crippen LogP contribution >= 0.6 is 0 Å². The number of carbonyl (C=O) groups is 5. The third-order valence-electron chi connectivity index (χ3n) is 10.4. The molecule has 0 spiro atoms. The first-order valence-corrected chi connectivity index (χ1v) is 23.7. The number of nitrogens with zero attached hydrogens (tertiary/aromatic N) is 4. The third kappa shape index (κ3) is 13.7. The Bertz CT molecular complexity index is 2460. The van der Waals surface area contributed by atoms with E-state index in [1.165, 1.54) is 21.9 Å². The summed E-state index contributed by atoms with van der Waals surface area (Å²) in [5.41, 5.74) is 11.2. The maximum atomic E-state index is 13.3. The third-order valence-corrected chi connectivity index (χ3v) is 13.6. The number of ketones is 2. The summed E-state index contributed by atoms with van der Waals surface area (Å²) in [6.07, 6.45) is -3.19. The topological polar surface area (TPSA) is 205 Å². The van der Waals surface area contributed by atoms with Crippen molar-refractivity contribution in [1.29, 1.82) is 0 Å². The van der Waals surface area contributed by atoms with Crippen LogP contribution in [0.1, 0.15) is 43.0 Å². The van der Waals surface area contributed by atoms with E-state index in [1.807, 2.05) is 55.6 Å². The van der Waals surface area contributed by atoms with Gasteiger partial charge in [-0.05, 0) is 49.2 Å². The van der Waals surface area contributed by atoms with Gasteiger partial charge in [-0.25, -0.2) is 26.4 Å². The first kappa shape index (κ1) is 48.0. The van der Waals surface area contributed by atoms with E-state index in [4.69, 9.17) is 5.73 Å². The van der Waals surface area contributed by atoms with Crippen LogP contribution in [0, 0.1) is 13.8 Å². The van der Waals surface area contributed by atoms with Crippen LogP contribution in [0.4, 0.5) is 29.7 Å². The fraction of sp³-hybridized carbons (Fsp3) is 0.341. The molecule has 6 rings (SSSR count). The second-order valence-corrected chi connectivity index (χ2v) is 19.8. The Hall–Kier alpha value is -6.05. The van der Waals surface area contributed by atoms with E-state index >= 15 is 0 Å². The van der Waals surface area contributed by atoms with Crippen molar-refractivity contribution in [1.82, 2.24) is 15.1 Å². The average Bonchev–Trinajstić information content (AvgIpc) is 3.27. The smallest absolute Gasteiger partial charge is 0.324 e. The van der Waals surface area contributed by atoms with Gasteiger partial charge in [0, 0.05) is 48.7 Å². The molecule has 0 unspecified atom stereocenters. The molecule has 5 amide bonds. The van der Waals surface area contributed by atoms with E-state index in [-0.39, 0.29) is 85.7 Å². The molecule has 4 aromatic carbocycles. The molecule has 15 nitrogen and oxygen atoms in total. The summed E-state index contributed by atoms with van der Waals surface area (Å²) < 4.78 is 71.5. The monoisotopic (exact) mass is 908 g/mol. The Labute approximate surface area is 365 Å². The Morgan fingerprint density at radius 1 is 0.587 bits per heavy atom. The summed E-state index contributed by atoms with van der Waals surface area (Å²) in [5.74, 6) is -2.38. The molecule has 4 aromatic rings. The summed E-state index contributed by atoms with van der Waals surface area (Å²) in [4.78, 5) is 67.6. The number of rotatable bonds is 12. The molecular formula is C44H50F2N6O9S2. The minimum Gasteiger partial charge on any atom is -0.344 e. The largest absolute Gasteiger partial charge is 0.344 e. The SMILES string of the molecule is Cc1ccc(N(Cc2ccc(C(=O)CN)cc2)C(=O)N2CCS(=O)(=O)CC2)cc1.Cc1ccc(N(Cc2ccc(C(=O)CNC(=O)C(F)F)cc2)C(=O)N2CCS(=O)(=O)CC2)cc1. The van der Waals surface area contributed by atoms with Crippen LogP contribution in [0.3, 0.4) is 0 Å². The molecule has 3 N–H and O–H groups in total. The number of hydrogen-bond donors (Lipinski definition) is 2. The summed E-state index contributed by atoms with van der Waals surface area (Å²) >= 11 is 0. The summed E-state index contributed by atoms with van der Waals surface area (Å²) in [6, 6.07) is 27.7. The van der Waals surface area contributed by atoms with E-state index < -0.39 is 44.3 Å². The zero-order valence-electron chi connectivity index (χ0n) is 34.9. The molecule has 63 heavy (non-hydrogen) atoms. The summed E-state index contributed by atoms with van der Waals surface area (Å²) in [6.45, 7) is 4.37. The zero-order chi connectivity index (χ0) is 45.9. The van der Waals surface area contributed by atoms with Gasteiger partial charge in [-0.2, -0.15) is 8.78 Å². The van der Waals surface area contributed by atoms with Crippen molar-refractivity contribution in [3.63, 3.8) is 0 Å². The number of alkyl halides is 2. The molecule has 2 fully saturated rings. The highest BCUT2D eigenvalue weighted by Crippen LogP contribution is 2.23. The molecule has 336 valence electrons. The molecule has 0 saturated carbocycles. The molecule has 19 heteroatoms. The van der Waals surface area contributed by atoms with Crippen LogP contribution in [0.25, 0.3) is 0 Å². The van der Waals surface area contributed by atoms with Crippen LogP contribution in [0.15, 0.2) is 97.1 Å². The van der Waals surface area contributed by atoms with Crippen LogP contribution in [0.5, 0.6) is 0 Å². The van der Waals surface area contributed by atoms with Gasteiger partial charge < -0.3 is 20.9 Å². The Morgan fingerprint density at radius 3 is 1.27 bits per heavy atom. The van der Waals surface area contributed by atoms with E-state index in [9.17, 15) is 49.6 Å².